The molecule has 8 heteroatoms. The Hall–Kier alpha value is -3.16. The molecule has 0 unspecified atom stereocenters. The number of methoxy groups -OCH3 is 1. The minimum Gasteiger partial charge on any atom is -0.465 e. The maximum absolute atomic E-state index is 12.6. The van der Waals surface area contributed by atoms with Crippen molar-refractivity contribution in [3.63, 3.8) is 0 Å². The van der Waals surface area contributed by atoms with Gasteiger partial charge in [0, 0.05) is 18.8 Å². The van der Waals surface area contributed by atoms with Crippen molar-refractivity contribution in [1.82, 2.24) is 19.3 Å². The molecule has 8 nitrogen and oxygen atoms in total. The first-order valence-electron chi connectivity index (χ1n) is 8.27. The van der Waals surface area contributed by atoms with Gasteiger partial charge in [-0.2, -0.15) is 5.10 Å². The summed E-state index contributed by atoms with van der Waals surface area (Å²) in [6, 6.07) is 6.46. The predicted octanol–water partition coefficient (Wildman–Crippen LogP) is 1.38. The topological polar surface area (TPSA) is 99.0 Å². The van der Waals surface area contributed by atoms with E-state index in [1.54, 1.807) is 0 Å². The highest BCUT2D eigenvalue weighted by Gasteiger charge is 2.11. The Kier molecular flexibility index (Phi) is 4.75. The molecule has 3 aromatic rings. The van der Waals surface area contributed by atoms with Crippen molar-refractivity contribution in [3.05, 3.63) is 62.1 Å². The fraction of sp³-hybridized carbons (Fsp3) is 0.333. The molecule has 0 saturated carbocycles. The number of nitrogens with zero attached hydrogens (tertiary/aromatic N) is 3. The van der Waals surface area contributed by atoms with Gasteiger partial charge in [0.05, 0.1) is 29.3 Å². The lowest BCUT2D eigenvalue weighted by Crippen LogP contribution is -2.35. The largest absolute Gasteiger partial charge is 0.465 e. The van der Waals surface area contributed by atoms with Gasteiger partial charge in [0.15, 0.2) is 0 Å². The van der Waals surface area contributed by atoms with Crippen molar-refractivity contribution < 1.29 is 9.53 Å². The molecule has 0 saturated heterocycles. The maximum Gasteiger partial charge on any atom is 0.337 e. The van der Waals surface area contributed by atoms with Crippen molar-refractivity contribution >= 4 is 16.9 Å². The third-order valence-electron chi connectivity index (χ3n) is 4.26. The first kappa shape index (κ1) is 17.7. The number of benzene rings is 1. The van der Waals surface area contributed by atoms with Gasteiger partial charge >= 0.3 is 11.7 Å². The number of aromatic amines is 1. The van der Waals surface area contributed by atoms with Crippen LogP contribution in [0.2, 0.25) is 0 Å². The molecular formula is C18H20N4O4. The number of carbonyl (C=O) groups is 1. The second-order valence-electron chi connectivity index (χ2n) is 6.14. The van der Waals surface area contributed by atoms with E-state index < -0.39 is 11.7 Å². The Morgan fingerprint density at radius 2 is 1.96 bits per heavy atom. The van der Waals surface area contributed by atoms with Gasteiger partial charge in [-0.3, -0.25) is 14.0 Å². The lowest BCUT2D eigenvalue weighted by atomic mass is 10.1. The third-order valence-corrected chi connectivity index (χ3v) is 4.26. The molecule has 0 aliphatic rings. The minimum absolute atomic E-state index is 0.275. The molecule has 0 aliphatic heterocycles. The summed E-state index contributed by atoms with van der Waals surface area (Å²) in [6.45, 7) is 4.78. The lowest BCUT2D eigenvalue weighted by Gasteiger charge is -2.08. The molecular weight excluding hydrogens is 336 g/mol. The number of nitrogens with one attached hydrogen (secondary N) is 1. The summed E-state index contributed by atoms with van der Waals surface area (Å²) in [5.41, 5.74) is 1.68. The van der Waals surface area contributed by atoms with E-state index in [0.717, 1.165) is 11.4 Å². The summed E-state index contributed by atoms with van der Waals surface area (Å²) in [7, 11) is 1.27. The monoisotopic (exact) mass is 356 g/mol. The SMILES string of the molecule is COC(=O)c1ccc2c(=O)n(CCCn3nc(C)cc3C)c(=O)[nH]c2c1. The van der Waals surface area contributed by atoms with Crippen molar-refractivity contribution in [3.8, 4) is 0 Å². The van der Waals surface area contributed by atoms with Gasteiger partial charge in [0.25, 0.3) is 5.56 Å². The van der Waals surface area contributed by atoms with Crippen LogP contribution in [0.1, 0.15) is 28.2 Å². The maximum atomic E-state index is 12.6. The molecule has 0 fully saturated rings. The van der Waals surface area contributed by atoms with E-state index >= 15 is 0 Å². The number of fused-ring (bicyclic) bond motifs is 1. The predicted molar refractivity (Wildman–Crippen MR) is 96.5 cm³/mol. The van der Waals surface area contributed by atoms with Crippen LogP contribution in [0.25, 0.3) is 10.9 Å². The Bertz CT molecular complexity index is 1090. The summed E-state index contributed by atoms with van der Waals surface area (Å²) in [5.74, 6) is -0.526. The standard InChI is InChI=1S/C18H20N4O4/c1-11-9-12(2)22(20-11)8-4-7-21-16(23)14-6-5-13(17(24)26-3)10-15(14)19-18(21)25/h5-6,9-10H,4,7-8H2,1-3H3,(H,19,25). The molecule has 0 spiro atoms. The van der Waals surface area contributed by atoms with Gasteiger partial charge in [-0.15, -0.1) is 0 Å². The number of rotatable bonds is 5. The molecule has 0 bridgehead atoms. The Morgan fingerprint density at radius 3 is 2.62 bits per heavy atom. The Morgan fingerprint density at radius 1 is 1.19 bits per heavy atom. The highest BCUT2D eigenvalue weighted by Crippen LogP contribution is 2.10. The summed E-state index contributed by atoms with van der Waals surface area (Å²) in [4.78, 5) is 39.2. The van der Waals surface area contributed by atoms with Crippen LogP contribution in [-0.2, 0) is 17.8 Å². The zero-order chi connectivity index (χ0) is 18.8. The first-order chi connectivity index (χ1) is 12.4. The highest BCUT2D eigenvalue weighted by atomic mass is 16.5. The average molecular weight is 356 g/mol. The average Bonchev–Trinajstić information content (AvgIpc) is 2.93. The molecule has 26 heavy (non-hydrogen) atoms. The Balaban J connectivity index is 1.87. The van der Waals surface area contributed by atoms with Crippen molar-refractivity contribution in [1.29, 1.82) is 0 Å². The van der Waals surface area contributed by atoms with Crippen LogP contribution in [0.4, 0.5) is 0 Å². The summed E-state index contributed by atoms with van der Waals surface area (Å²) < 4.78 is 7.69. The van der Waals surface area contributed by atoms with Crippen LogP contribution in [0.15, 0.2) is 33.9 Å². The van der Waals surface area contributed by atoms with Crippen molar-refractivity contribution in [2.45, 2.75) is 33.4 Å². The van der Waals surface area contributed by atoms with Gasteiger partial charge < -0.3 is 9.72 Å². The van der Waals surface area contributed by atoms with E-state index in [4.69, 9.17) is 0 Å². The van der Waals surface area contributed by atoms with E-state index in [2.05, 4.69) is 14.8 Å². The fourth-order valence-electron chi connectivity index (χ4n) is 2.98. The number of esters is 1. The summed E-state index contributed by atoms with van der Waals surface area (Å²) >= 11 is 0. The molecule has 0 atom stereocenters. The lowest BCUT2D eigenvalue weighted by molar-refractivity contribution is 0.0601. The third kappa shape index (κ3) is 3.30. The summed E-state index contributed by atoms with van der Waals surface area (Å²) in [6.07, 6.45) is 0.594. The van der Waals surface area contributed by atoms with Crippen molar-refractivity contribution in [2.75, 3.05) is 7.11 Å². The number of hydrogen-bond donors (Lipinski definition) is 1. The zero-order valence-corrected chi connectivity index (χ0v) is 14.9. The number of aryl methyl sites for hydroxylation is 3. The van der Waals surface area contributed by atoms with Crippen LogP contribution in [0.5, 0.6) is 0 Å². The molecule has 0 radical (unpaired) electrons. The van der Waals surface area contributed by atoms with Crippen LogP contribution >= 0.6 is 0 Å². The zero-order valence-electron chi connectivity index (χ0n) is 14.9. The van der Waals surface area contributed by atoms with Gasteiger partial charge in [0.2, 0.25) is 0 Å². The molecule has 2 heterocycles. The fourth-order valence-corrected chi connectivity index (χ4v) is 2.98. The molecule has 0 aliphatic carbocycles. The summed E-state index contributed by atoms with van der Waals surface area (Å²) in [5, 5.41) is 4.72. The van der Waals surface area contributed by atoms with Gasteiger partial charge in [0.1, 0.15) is 0 Å². The van der Waals surface area contributed by atoms with Gasteiger partial charge in [-0.05, 0) is 44.5 Å². The van der Waals surface area contributed by atoms with Crippen molar-refractivity contribution in [2.24, 2.45) is 0 Å². The van der Waals surface area contributed by atoms with E-state index in [1.807, 2.05) is 24.6 Å². The second-order valence-corrected chi connectivity index (χ2v) is 6.14. The van der Waals surface area contributed by atoms with E-state index in [0.29, 0.717) is 23.9 Å². The second kappa shape index (κ2) is 6.99. The van der Waals surface area contributed by atoms with Crippen LogP contribution in [-0.4, -0.2) is 32.4 Å². The molecule has 3 rings (SSSR count). The normalized spacial score (nSPS) is 11.0. The van der Waals surface area contributed by atoms with E-state index in [-0.39, 0.29) is 17.7 Å². The number of carbonyl (C=O) groups excluding carboxylic acids is 1. The smallest absolute Gasteiger partial charge is 0.337 e. The van der Waals surface area contributed by atoms with Crippen LogP contribution in [0.3, 0.4) is 0 Å². The molecule has 0 amide bonds. The van der Waals surface area contributed by atoms with Crippen LogP contribution in [0, 0.1) is 13.8 Å². The number of H-pyrrole nitrogens is 1. The number of hydrogen-bond acceptors (Lipinski definition) is 5. The molecule has 1 N–H and O–H groups in total. The Labute approximate surface area is 149 Å². The van der Waals surface area contributed by atoms with Gasteiger partial charge in [-0.1, -0.05) is 0 Å². The number of ether oxygens (including phenoxy) is 1. The molecule has 2 aromatic heterocycles. The molecule has 1 aromatic carbocycles. The molecule has 136 valence electrons. The highest BCUT2D eigenvalue weighted by molar-refractivity contribution is 5.93. The van der Waals surface area contributed by atoms with E-state index in [1.165, 1.54) is 29.9 Å². The number of aromatic nitrogens is 4. The first-order valence-corrected chi connectivity index (χ1v) is 8.27. The van der Waals surface area contributed by atoms with Crippen LogP contribution < -0.4 is 11.2 Å². The minimum atomic E-state index is -0.526. The van der Waals surface area contributed by atoms with E-state index in [9.17, 15) is 14.4 Å². The quantitative estimate of drug-likeness (QED) is 0.696. The van der Waals surface area contributed by atoms with Gasteiger partial charge in [-0.25, -0.2) is 9.59 Å².